The summed E-state index contributed by atoms with van der Waals surface area (Å²) in [6, 6.07) is 14.2. The number of benzene rings is 2. The van der Waals surface area contributed by atoms with Crippen LogP contribution in [-0.4, -0.2) is 19.8 Å². The summed E-state index contributed by atoms with van der Waals surface area (Å²) in [4.78, 5) is 0. The first kappa shape index (κ1) is 15.4. The van der Waals surface area contributed by atoms with Crippen LogP contribution >= 0.6 is 0 Å². The van der Waals surface area contributed by atoms with Gasteiger partial charge in [-0.3, -0.25) is 0 Å². The molecule has 0 aliphatic rings. The molecule has 21 heavy (non-hydrogen) atoms. The zero-order chi connectivity index (χ0) is 15.1. The maximum Gasteiger partial charge on any atom is 0.125 e. The van der Waals surface area contributed by atoms with Crippen molar-refractivity contribution in [3.05, 3.63) is 59.2 Å². The van der Waals surface area contributed by atoms with Crippen LogP contribution in [0.3, 0.4) is 0 Å². The van der Waals surface area contributed by atoms with E-state index >= 15 is 0 Å². The van der Waals surface area contributed by atoms with Crippen molar-refractivity contribution in [1.29, 1.82) is 0 Å². The van der Waals surface area contributed by atoms with E-state index in [9.17, 15) is 0 Å². The third-order valence-electron chi connectivity index (χ3n) is 3.38. The molecule has 0 amide bonds. The Hall–Kier alpha value is -2.00. The van der Waals surface area contributed by atoms with E-state index in [2.05, 4.69) is 32.0 Å². The van der Waals surface area contributed by atoms with Crippen LogP contribution in [0.2, 0.25) is 0 Å². The van der Waals surface area contributed by atoms with E-state index in [1.54, 1.807) is 0 Å². The molecule has 0 aliphatic heterocycles. The van der Waals surface area contributed by atoms with Gasteiger partial charge >= 0.3 is 0 Å². The van der Waals surface area contributed by atoms with E-state index in [1.165, 1.54) is 0 Å². The van der Waals surface area contributed by atoms with Crippen molar-refractivity contribution in [3.8, 4) is 11.5 Å². The van der Waals surface area contributed by atoms with Crippen molar-refractivity contribution in [2.24, 2.45) is 5.73 Å². The van der Waals surface area contributed by atoms with Gasteiger partial charge in [0.05, 0.1) is 0 Å². The Balaban J connectivity index is 1.88. The summed E-state index contributed by atoms with van der Waals surface area (Å²) in [5.41, 5.74) is 9.06. The summed E-state index contributed by atoms with van der Waals surface area (Å²) >= 11 is 0. The predicted octanol–water partition coefficient (Wildman–Crippen LogP) is 3.26. The molecular weight excluding hydrogens is 262 g/mol. The van der Waals surface area contributed by atoms with E-state index in [-0.39, 0.29) is 0 Å². The number of hydrogen-bond acceptors (Lipinski definition) is 3. The molecule has 0 saturated heterocycles. The van der Waals surface area contributed by atoms with E-state index in [4.69, 9.17) is 15.2 Å². The molecule has 2 N–H and O–H groups in total. The highest BCUT2D eigenvalue weighted by Crippen LogP contribution is 2.22. The quantitative estimate of drug-likeness (QED) is 0.794. The number of nitrogens with two attached hydrogens (primary N) is 1. The van der Waals surface area contributed by atoms with Gasteiger partial charge in [0, 0.05) is 0 Å². The highest BCUT2D eigenvalue weighted by Gasteiger charge is 2.04. The summed E-state index contributed by atoms with van der Waals surface area (Å²) < 4.78 is 11.7. The Morgan fingerprint density at radius 2 is 1.52 bits per heavy atom. The minimum absolute atomic E-state index is 0.523. The van der Waals surface area contributed by atoms with Crippen LogP contribution in [0.15, 0.2) is 42.5 Å². The average Bonchev–Trinajstić information content (AvgIpc) is 2.48. The maximum atomic E-state index is 5.84. The van der Waals surface area contributed by atoms with Gasteiger partial charge in [0.15, 0.2) is 0 Å². The fraction of sp³-hybridized carbons (Fsp3) is 0.333. The molecule has 0 atom stereocenters. The molecule has 2 rings (SSSR count). The molecule has 0 aromatic heterocycles. The lowest BCUT2D eigenvalue weighted by molar-refractivity contribution is 0.214. The summed E-state index contributed by atoms with van der Waals surface area (Å²) in [6.45, 7) is 5.79. The van der Waals surface area contributed by atoms with Crippen LogP contribution in [-0.2, 0) is 6.42 Å². The van der Waals surface area contributed by atoms with Crippen LogP contribution < -0.4 is 15.2 Å². The molecule has 3 nitrogen and oxygen atoms in total. The Bertz CT molecular complexity index is 561. The minimum atomic E-state index is 0.523. The van der Waals surface area contributed by atoms with Gasteiger partial charge in [-0.1, -0.05) is 36.4 Å². The summed E-state index contributed by atoms with van der Waals surface area (Å²) in [5.74, 6) is 1.85. The lowest BCUT2D eigenvalue weighted by atomic mass is 10.1. The summed E-state index contributed by atoms with van der Waals surface area (Å²) in [5, 5.41) is 0. The molecule has 0 aliphatic carbocycles. The maximum absolute atomic E-state index is 5.84. The van der Waals surface area contributed by atoms with Gasteiger partial charge in [-0.15, -0.1) is 0 Å². The van der Waals surface area contributed by atoms with E-state index < -0.39 is 0 Å². The SMILES string of the molecule is Cc1cccc(C)c1OCCOc1ccccc1CCN. The van der Waals surface area contributed by atoms with Crippen LogP contribution in [0.25, 0.3) is 0 Å². The predicted molar refractivity (Wildman–Crippen MR) is 86.1 cm³/mol. The van der Waals surface area contributed by atoms with Gasteiger partial charge < -0.3 is 15.2 Å². The van der Waals surface area contributed by atoms with Gasteiger partial charge in [-0.2, -0.15) is 0 Å². The monoisotopic (exact) mass is 285 g/mol. The van der Waals surface area contributed by atoms with E-state index in [0.717, 1.165) is 34.6 Å². The van der Waals surface area contributed by atoms with Crippen LogP contribution in [0.1, 0.15) is 16.7 Å². The number of para-hydroxylation sites is 2. The number of rotatable bonds is 7. The first-order valence-corrected chi connectivity index (χ1v) is 7.32. The lowest BCUT2D eigenvalue weighted by Crippen LogP contribution is -2.12. The molecule has 2 aromatic rings. The molecule has 3 heteroatoms. The fourth-order valence-electron chi connectivity index (χ4n) is 2.33. The fourth-order valence-corrected chi connectivity index (χ4v) is 2.33. The van der Waals surface area contributed by atoms with Crippen molar-refractivity contribution in [1.82, 2.24) is 0 Å². The van der Waals surface area contributed by atoms with Crippen LogP contribution in [0, 0.1) is 13.8 Å². The largest absolute Gasteiger partial charge is 0.490 e. The first-order chi connectivity index (χ1) is 10.2. The zero-order valence-electron chi connectivity index (χ0n) is 12.8. The minimum Gasteiger partial charge on any atom is -0.490 e. The smallest absolute Gasteiger partial charge is 0.125 e. The highest BCUT2D eigenvalue weighted by atomic mass is 16.5. The van der Waals surface area contributed by atoms with Gasteiger partial charge in [0.2, 0.25) is 0 Å². The summed E-state index contributed by atoms with van der Waals surface area (Å²) in [6.07, 6.45) is 0.827. The number of aryl methyl sites for hydroxylation is 2. The Kier molecular flexibility index (Phi) is 5.64. The Labute approximate surface area is 126 Å². The molecule has 0 saturated carbocycles. The van der Waals surface area contributed by atoms with Gasteiger partial charge in [0.1, 0.15) is 24.7 Å². The van der Waals surface area contributed by atoms with Crippen LogP contribution in [0.4, 0.5) is 0 Å². The highest BCUT2D eigenvalue weighted by molar-refractivity contribution is 5.39. The Morgan fingerprint density at radius 1 is 0.857 bits per heavy atom. The normalized spacial score (nSPS) is 10.4. The molecule has 0 spiro atoms. The Morgan fingerprint density at radius 3 is 2.24 bits per heavy atom. The second-order valence-electron chi connectivity index (χ2n) is 5.06. The standard InChI is InChI=1S/C18H23NO2/c1-14-6-5-7-15(2)18(14)21-13-12-20-17-9-4-3-8-16(17)10-11-19/h3-9H,10-13,19H2,1-2H3. The molecule has 2 aromatic carbocycles. The third-order valence-corrected chi connectivity index (χ3v) is 3.38. The molecule has 112 valence electrons. The lowest BCUT2D eigenvalue weighted by Gasteiger charge is -2.14. The second kappa shape index (κ2) is 7.70. The molecule has 0 bridgehead atoms. The average molecular weight is 285 g/mol. The second-order valence-corrected chi connectivity index (χ2v) is 5.06. The van der Waals surface area contributed by atoms with Crippen molar-refractivity contribution in [2.75, 3.05) is 19.8 Å². The molecule has 0 heterocycles. The van der Waals surface area contributed by atoms with Crippen molar-refractivity contribution in [3.63, 3.8) is 0 Å². The molecular formula is C18H23NO2. The van der Waals surface area contributed by atoms with Crippen molar-refractivity contribution < 1.29 is 9.47 Å². The molecule has 0 radical (unpaired) electrons. The van der Waals surface area contributed by atoms with Crippen LogP contribution in [0.5, 0.6) is 11.5 Å². The zero-order valence-corrected chi connectivity index (χ0v) is 12.8. The first-order valence-electron chi connectivity index (χ1n) is 7.32. The topological polar surface area (TPSA) is 44.5 Å². The molecule has 0 fully saturated rings. The molecule has 0 unspecified atom stereocenters. The van der Waals surface area contributed by atoms with Gasteiger partial charge in [0.25, 0.3) is 0 Å². The van der Waals surface area contributed by atoms with Crippen molar-refractivity contribution in [2.45, 2.75) is 20.3 Å². The van der Waals surface area contributed by atoms with Gasteiger partial charge in [-0.05, 0) is 49.6 Å². The van der Waals surface area contributed by atoms with Gasteiger partial charge in [-0.25, -0.2) is 0 Å². The van der Waals surface area contributed by atoms with E-state index in [0.29, 0.717) is 19.8 Å². The third kappa shape index (κ3) is 4.23. The van der Waals surface area contributed by atoms with Crippen molar-refractivity contribution >= 4 is 0 Å². The van der Waals surface area contributed by atoms with E-state index in [1.807, 2.05) is 24.3 Å². The number of hydrogen-bond donors (Lipinski definition) is 1. The number of ether oxygens (including phenoxy) is 2. The summed E-state index contributed by atoms with van der Waals surface area (Å²) in [7, 11) is 0.